The number of benzene rings is 1. The van der Waals surface area contributed by atoms with Crippen LogP contribution in [0.25, 0.3) is 0 Å². The van der Waals surface area contributed by atoms with Crippen molar-refractivity contribution in [2.75, 3.05) is 24.2 Å². The fraction of sp³-hybridized carbons (Fsp3) is 0.600. The van der Waals surface area contributed by atoms with Crippen molar-refractivity contribution in [2.45, 2.75) is 31.6 Å². The Balaban J connectivity index is 2.22. The van der Waals surface area contributed by atoms with Gasteiger partial charge in [0.15, 0.2) is 9.84 Å². The molecule has 1 saturated heterocycles. The first-order valence-corrected chi connectivity index (χ1v) is 8.82. The lowest BCUT2D eigenvalue weighted by Gasteiger charge is -2.36. The molecule has 1 aromatic rings. The van der Waals surface area contributed by atoms with Gasteiger partial charge in [-0.2, -0.15) is 0 Å². The summed E-state index contributed by atoms with van der Waals surface area (Å²) in [6, 6.07) is 7.32. The Morgan fingerprint density at radius 1 is 1.32 bits per heavy atom. The van der Waals surface area contributed by atoms with Crippen molar-refractivity contribution >= 4 is 15.5 Å². The molecular formula is C15H23NO2S. The summed E-state index contributed by atoms with van der Waals surface area (Å²) in [5.74, 6) is 1.39. The SMILES string of the molecule is CC(C)[C@H]1CCCN(c2cccc(S(C)(=O)=O)c2)C1. The van der Waals surface area contributed by atoms with Crippen LogP contribution in [0.5, 0.6) is 0 Å². The van der Waals surface area contributed by atoms with Gasteiger partial charge in [0.1, 0.15) is 0 Å². The molecule has 0 aromatic heterocycles. The Morgan fingerprint density at radius 3 is 2.68 bits per heavy atom. The minimum Gasteiger partial charge on any atom is -0.371 e. The van der Waals surface area contributed by atoms with Crippen LogP contribution in [0.1, 0.15) is 26.7 Å². The maximum absolute atomic E-state index is 11.6. The lowest BCUT2D eigenvalue weighted by atomic mass is 9.88. The molecule has 0 saturated carbocycles. The second-order valence-electron chi connectivity index (χ2n) is 5.86. The molecule has 1 heterocycles. The van der Waals surface area contributed by atoms with Crippen LogP contribution in [-0.2, 0) is 9.84 Å². The van der Waals surface area contributed by atoms with E-state index in [9.17, 15) is 8.42 Å². The van der Waals surface area contributed by atoms with E-state index < -0.39 is 9.84 Å². The third-order valence-electron chi connectivity index (χ3n) is 4.01. The van der Waals surface area contributed by atoms with E-state index in [0.29, 0.717) is 16.7 Å². The zero-order chi connectivity index (χ0) is 14.0. The molecule has 4 heteroatoms. The molecule has 0 unspecified atom stereocenters. The quantitative estimate of drug-likeness (QED) is 0.855. The van der Waals surface area contributed by atoms with Gasteiger partial charge in [0.25, 0.3) is 0 Å². The van der Waals surface area contributed by atoms with Gasteiger partial charge in [-0.3, -0.25) is 0 Å². The summed E-state index contributed by atoms with van der Waals surface area (Å²) < 4.78 is 23.2. The van der Waals surface area contributed by atoms with E-state index in [2.05, 4.69) is 18.7 Å². The van der Waals surface area contributed by atoms with Gasteiger partial charge in [-0.15, -0.1) is 0 Å². The maximum atomic E-state index is 11.6. The van der Waals surface area contributed by atoms with Crippen LogP contribution in [0, 0.1) is 11.8 Å². The predicted molar refractivity (Wildman–Crippen MR) is 79.3 cm³/mol. The number of nitrogens with zero attached hydrogens (tertiary/aromatic N) is 1. The van der Waals surface area contributed by atoms with Gasteiger partial charge >= 0.3 is 0 Å². The van der Waals surface area contributed by atoms with Crippen LogP contribution in [-0.4, -0.2) is 27.8 Å². The summed E-state index contributed by atoms with van der Waals surface area (Å²) in [7, 11) is -3.12. The normalized spacial score (nSPS) is 20.8. The molecule has 106 valence electrons. The number of rotatable bonds is 3. The van der Waals surface area contributed by atoms with Crippen molar-refractivity contribution in [1.29, 1.82) is 0 Å². The molecule has 0 amide bonds. The molecule has 0 bridgehead atoms. The van der Waals surface area contributed by atoms with Crippen LogP contribution in [0.3, 0.4) is 0 Å². The first kappa shape index (κ1) is 14.4. The highest BCUT2D eigenvalue weighted by Gasteiger charge is 2.23. The smallest absolute Gasteiger partial charge is 0.175 e. The van der Waals surface area contributed by atoms with Crippen LogP contribution in [0.4, 0.5) is 5.69 Å². The Kier molecular flexibility index (Phi) is 4.19. The number of hydrogen-bond acceptors (Lipinski definition) is 3. The standard InChI is InChI=1S/C15H23NO2S/c1-12(2)13-6-5-9-16(11-13)14-7-4-8-15(10-14)19(3,17)18/h4,7-8,10,12-13H,5-6,9,11H2,1-3H3/t13-/m0/s1. The second kappa shape index (κ2) is 5.53. The van der Waals surface area contributed by atoms with Gasteiger partial charge in [-0.25, -0.2) is 8.42 Å². The molecule has 1 aliphatic rings. The van der Waals surface area contributed by atoms with Crippen LogP contribution >= 0.6 is 0 Å². The number of hydrogen-bond donors (Lipinski definition) is 0. The van der Waals surface area contributed by atoms with Crippen molar-refractivity contribution in [1.82, 2.24) is 0 Å². The Bertz CT molecular complexity index is 537. The van der Waals surface area contributed by atoms with Crippen molar-refractivity contribution in [2.24, 2.45) is 11.8 Å². The van der Waals surface area contributed by atoms with Crippen LogP contribution in [0.2, 0.25) is 0 Å². The van der Waals surface area contributed by atoms with Gasteiger partial charge in [0.2, 0.25) is 0 Å². The predicted octanol–water partition coefficient (Wildman–Crippen LogP) is 2.96. The van der Waals surface area contributed by atoms with Gasteiger partial charge in [0, 0.05) is 25.0 Å². The molecular weight excluding hydrogens is 258 g/mol. The largest absolute Gasteiger partial charge is 0.371 e. The minimum atomic E-state index is -3.12. The van der Waals surface area contributed by atoms with Gasteiger partial charge in [0.05, 0.1) is 4.90 Å². The highest BCUT2D eigenvalue weighted by Crippen LogP contribution is 2.28. The number of anilines is 1. The molecule has 1 aliphatic heterocycles. The summed E-state index contributed by atoms with van der Waals surface area (Å²) in [5, 5.41) is 0. The first-order valence-electron chi connectivity index (χ1n) is 6.93. The molecule has 0 radical (unpaired) electrons. The monoisotopic (exact) mass is 281 g/mol. The first-order chi connectivity index (χ1) is 8.88. The third-order valence-corrected chi connectivity index (χ3v) is 5.12. The summed E-state index contributed by atoms with van der Waals surface area (Å²) in [5.41, 5.74) is 1.04. The lowest BCUT2D eigenvalue weighted by molar-refractivity contribution is 0.322. The third kappa shape index (κ3) is 3.50. The Morgan fingerprint density at radius 2 is 2.05 bits per heavy atom. The van der Waals surface area contributed by atoms with Crippen molar-refractivity contribution < 1.29 is 8.42 Å². The molecule has 0 spiro atoms. The summed E-state index contributed by atoms with van der Waals surface area (Å²) in [6.07, 6.45) is 3.73. The summed E-state index contributed by atoms with van der Waals surface area (Å²) in [4.78, 5) is 2.74. The summed E-state index contributed by atoms with van der Waals surface area (Å²) >= 11 is 0. The molecule has 3 nitrogen and oxygen atoms in total. The fourth-order valence-electron chi connectivity index (χ4n) is 2.70. The molecule has 2 rings (SSSR count). The van der Waals surface area contributed by atoms with E-state index >= 15 is 0 Å². The van der Waals surface area contributed by atoms with Crippen molar-refractivity contribution in [3.8, 4) is 0 Å². The Hall–Kier alpha value is -1.03. The van der Waals surface area contributed by atoms with E-state index in [1.54, 1.807) is 12.1 Å². The number of sulfone groups is 1. The van der Waals surface area contributed by atoms with Gasteiger partial charge in [-0.1, -0.05) is 19.9 Å². The molecule has 0 aliphatic carbocycles. The second-order valence-corrected chi connectivity index (χ2v) is 7.88. The maximum Gasteiger partial charge on any atom is 0.175 e. The van der Waals surface area contributed by atoms with Crippen LogP contribution in [0.15, 0.2) is 29.2 Å². The molecule has 19 heavy (non-hydrogen) atoms. The molecule has 1 fully saturated rings. The summed E-state index contributed by atoms with van der Waals surface area (Å²) in [6.45, 7) is 6.59. The van der Waals surface area contributed by atoms with Gasteiger partial charge < -0.3 is 4.90 Å². The zero-order valence-electron chi connectivity index (χ0n) is 12.0. The average molecular weight is 281 g/mol. The highest BCUT2D eigenvalue weighted by molar-refractivity contribution is 7.90. The van der Waals surface area contributed by atoms with E-state index in [1.807, 2.05) is 12.1 Å². The highest BCUT2D eigenvalue weighted by atomic mass is 32.2. The van der Waals surface area contributed by atoms with E-state index in [4.69, 9.17) is 0 Å². The minimum absolute atomic E-state index is 0.414. The molecule has 0 N–H and O–H groups in total. The van der Waals surface area contributed by atoms with E-state index in [-0.39, 0.29) is 0 Å². The van der Waals surface area contributed by atoms with Crippen LogP contribution < -0.4 is 4.90 Å². The van der Waals surface area contributed by atoms with E-state index in [0.717, 1.165) is 18.8 Å². The Labute approximate surface area is 116 Å². The average Bonchev–Trinajstić information content (AvgIpc) is 2.38. The number of piperidine rings is 1. The van der Waals surface area contributed by atoms with Crippen molar-refractivity contribution in [3.63, 3.8) is 0 Å². The molecule has 1 aromatic carbocycles. The molecule has 1 atom stereocenters. The zero-order valence-corrected chi connectivity index (χ0v) is 12.8. The topological polar surface area (TPSA) is 37.4 Å². The van der Waals surface area contributed by atoms with Gasteiger partial charge in [-0.05, 0) is 42.9 Å². The van der Waals surface area contributed by atoms with Crippen molar-refractivity contribution in [3.05, 3.63) is 24.3 Å². The lowest BCUT2D eigenvalue weighted by Crippen LogP contribution is -2.37. The fourth-order valence-corrected chi connectivity index (χ4v) is 3.36. The van der Waals surface area contributed by atoms with E-state index in [1.165, 1.54) is 19.1 Å².